The van der Waals surface area contributed by atoms with Crippen LogP contribution in [-0.4, -0.2) is 22.2 Å². The number of rotatable bonds is 5. The van der Waals surface area contributed by atoms with Gasteiger partial charge < -0.3 is 10.2 Å². The van der Waals surface area contributed by atoms with Crippen LogP contribution in [0.25, 0.3) is 0 Å². The van der Waals surface area contributed by atoms with Crippen molar-refractivity contribution < 1.29 is 19.8 Å². The van der Waals surface area contributed by atoms with Crippen molar-refractivity contribution in [1.82, 2.24) is 0 Å². The summed E-state index contributed by atoms with van der Waals surface area (Å²) in [6.45, 7) is 17.4. The van der Waals surface area contributed by atoms with Crippen molar-refractivity contribution in [1.29, 1.82) is 0 Å². The Morgan fingerprint density at radius 1 is 0.881 bits per heavy atom. The van der Waals surface area contributed by atoms with Crippen molar-refractivity contribution in [2.45, 2.75) is 125 Å². The van der Waals surface area contributed by atoms with Gasteiger partial charge in [0.15, 0.2) is 0 Å². The summed E-state index contributed by atoms with van der Waals surface area (Å²) in [6.07, 6.45) is 12.3. The molecule has 5 fully saturated rings. The van der Waals surface area contributed by atoms with Crippen LogP contribution in [0.4, 0.5) is 0 Å². The van der Waals surface area contributed by atoms with Gasteiger partial charge in [-0.2, -0.15) is 0 Å². The summed E-state index contributed by atoms with van der Waals surface area (Å²) in [5, 5.41) is 20.4. The molecule has 10 atom stereocenters. The minimum atomic E-state index is -0.841. The zero-order chi connectivity index (χ0) is 30.5. The Labute approximate surface area is 254 Å². The largest absolute Gasteiger partial charge is 0.481 e. The lowest BCUT2D eigenvalue weighted by atomic mass is 9.31. The molecule has 0 amide bonds. The normalized spacial score (nSPS) is 45.8. The number of carboxylic acid groups (broad SMARTS) is 2. The van der Waals surface area contributed by atoms with E-state index in [1.54, 1.807) is 6.07 Å². The molecule has 42 heavy (non-hydrogen) atoms. The summed E-state index contributed by atoms with van der Waals surface area (Å²) < 4.78 is 0. The van der Waals surface area contributed by atoms with Gasteiger partial charge in [0.05, 0.1) is 11.0 Å². The zero-order valence-corrected chi connectivity index (χ0v) is 27.3. The lowest BCUT2D eigenvalue weighted by molar-refractivity contribution is -0.249. The van der Waals surface area contributed by atoms with E-state index in [0.29, 0.717) is 47.0 Å². The fourth-order valence-corrected chi connectivity index (χ4v) is 13.8. The van der Waals surface area contributed by atoms with E-state index in [1.165, 1.54) is 44.1 Å². The minimum absolute atomic E-state index is 0.0843. The fraction of sp³-hybridized carbons (Fsp3) is 0.789. The van der Waals surface area contributed by atoms with E-state index in [1.807, 2.05) is 12.1 Å². The Bertz CT molecular complexity index is 1250. The van der Waals surface area contributed by atoms with Gasteiger partial charge in [0.2, 0.25) is 0 Å². The maximum atomic E-state index is 13.0. The average Bonchev–Trinajstić information content (AvgIpc) is 3.34. The second kappa shape index (κ2) is 9.83. The highest BCUT2D eigenvalue weighted by molar-refractivity contribution is 5.87. The maximum absolute atomic E-state index is 13.0. The molecule has 0 bridgehead atoms. The number of hydrogen-bond acceptors (Lipinski definition) is 2. The highest BCUT2D eigenvalue weighted by atomic mass is 16.4. The van der Waals surface area contributed by atoms with E-state index in [2.05, 4.69) is 54.5 Å². The minimum Gasteiger partial charge on any atom is -0.481 e. The molecule has 0 radical (unpaired) electrons. The van der Waals surface area contributed by atoms with E-state index in [4.69, 9.17) is 0 Å². The van der Waals surface area contributed by atoms with Crippen LogP contribution in [0, 0.1) is 62.6 Å². The summed E-state index contributed by atoms with van der Waals surface area (Å²) in [4.78, 5) is 24.8. The summed E-state index contributed by atoms with van der Waals surface area (Å²) in [6, 6.07) is 7.75. The first kappa shape index (κ1) is 30.2. The Morgan fingerprint density at radius 2 is 1.62 bits per heavy atom. The highest BCUT2D eigenvalue weighted by Crippen LogP contribution is 2.79. The number of hydrogen-bond donors (Lipinski definition) is 2. The molecule has 1 aromatic rings. The van der Waals surface area contributed by atoms with E-state index < -0.39 is 17.4 Å². The zero-order valence-electron chi connectivity index (χ0n) is 27.3. The Morgan fingerprint density at radius 3 is 2.26 bits per heavy atom. The first-order chi connectivity index (χ1) is 19.7. The number of aromatic carboxylic acids is 1. The smallest absolute Gasteiger partial charge is 0.335 e. The van der Waals surface area contributed by atoms with Crippen molar-refractivity contribution >= 4 is 11.9 Å². The van der Waals surface area contributed by atoms with Crippen LogP contribution in [0.3, 0.4) is 0 Å². The summed E-state index contributed by atoms with van der Waals surface area (Å²) in [5.74, 6) is 2.17. The first-order valence-electron chi connectivity index (χ1n) is 17.3. The van der Waals surface area contributed by atoms with Crippen molar-refractivity contribution in [3.8, 4) is 0 Å². The van der Waals surface area contributed by atoms with Crippen LogP contribution in [0.2, 0.25) is 0 Å². The Hall–Kier alpha value is -1.84. The van der Waals surface area contributed by atoms with Gasteiger partial charge in [-0.1, -0.05) is 60.6 Å². The third-order valence-corrected chi connectivity index (χ3v) is 15.6. The number of fused-ring (bicyclic) bond motifs is 7. The molecule has 0 heterocycles. The molecule has 0 aromatic heterocycles. The van der Waals surface area contributed by atoms with Crippen molar-refractivity contribution in [3.05, 3.63) is 35.4 Å². The molecular formula is C38H56O4. The standard InChI is InChI=1S/C38H56O4/c1-8-38-19-16-29-34(4,5)27(24-10-9-11-25(22-24)32(39)40)15-17-35(29,6)30(38)13-12-28-31-26(23(2)3)14-18-37(31,33(41)42)21-20-36(28,38)7/h9-11,22-23,26-31H,8,12-21H2,1-7H3,(H,39,40)(H,41,42). The average molecular weight is 577 g/mol. The molecule has 232 valence electrons. The number of benzene rings is 1. The van der Waals surface area contributed by atoms with Gasteiger partial charge in [-0.3, -0.25) is 4.79 Å². The van der Waals surface area contributed by atoms with E-state index >= 15 is 0 Å². The predicted molar refractivity (Wildman–Crippen MR) is 167 cm³/mol. The molecular weight excluding hydrogens is 520 g/mol. The second-order valence-electron chi connectivity index (χ2n) is 17.0. The summed E-state index contributed by atoms with van der Waals surface area (Å²) >= 11 is 0. The third kappa shape index (κ3) is 3.77. The van der Waals surface area contributed by atoms with Gasteiger partial charge in [-0.25, -0.2) is 4.79 Å². The predicted octanol–water partition coefficient (Wildman–Crippen LogP) is 9.68. The highest BCUT2D eigenvalue weighted by Gasteiger charge is 2.72. The van der Waals surface area contributed by atoms with Crippen LogP contribution in [-0.2, 0) is 4.79 Å². The van der Waals surface area contributed by atoms with Gasteiger partial charge >= 0.3 is 11.9 Å². The number of carboxylic acids is 2. The maximum Gasteiger partial charge on any atom is 0.335 e. The monoisotopic (exact) mass is 576 g/mol. The van der Waals surface area contributed by atoms with E-state index in [9.17, 15) is 19.8 Å². The summed E-state index contributed by atoms with van der Waals surface area (Å²) in [7, 11) is 0. The van der Waals surface area contributed by atoms with Crippen LogP contribution >= 0.6 is 0 Å². The molecule has 5 aliphatic rings. The number of aliphatic carboxylic acids is 1. The number of carbonyl (C=O) groups is 2. The topological polar surface area (TPSA) is 74.6 Å². The van der Waals surface area contributed by atoms with E-state index in [0.717, 1.165) is 32.1 Å². The first-order valence-corrected chi connectivity index (χ1v) is 17.3. The van der Waals surface area contributed by atoms with Gasteiger partial charge in [0.25, 0.3) is 0 Å². The molecule has 1 aromatic carbocycles. The molecule has 0 spiro atoms. The molecule has 0 saturated heterocycles. The molecule has 6 rings (SSSR count). The van der Waals surface area contributed by atoms with E-state index in [-0.39, 0.29) is 21.7 Å². The third-order valence-electron chi connectivity index (χ3n) is 15.6. The molecule has 10 unspecified atom stereocenters. The molecule has 0 aliphatic heterocycles. The fourth-order valence-electron chi connectivity index (χ4n) is 13.8. The van der Waals surface area contributed by atoms with Crippen LogP contribution in [0.5, 0.6) is 0 Å². The quantitative estimate of drug-likeness (QED) is 0.366. The molecule has 2 N–H and O–H groups in total. The van der Waals surface area contributed by atoms with Crippen LogP contribution in [0.1, 0.15) is 141 Å². The Balaban J connectivity index is 1.37. The van der Waals surface area contributed by atoms with Crippen LogP contribution < -0.4 is 0 Å². The summed E-state index contributed by atoms with van der Waals surface area (Å²) in [5.41, 5.74) is 1.88. The van der Waals surface area contributed by atoms with Crippen molar-refractivity contribution in [2.24, 2.45) is 62.6 Å². The van der Waals surface area contributed by atoms with Gasteiger partial charge in [0.1, 0.15) is 0 Å². The van der Waals surface area contributed by atoms with Gasteiger partial charge in [-0.15, -0.1) is 0 Å². The molecule has 5 aliphatic carbocycles. The van der Waals surface area contributed by atoms with Gasteiger partial charge in [0, 0.05) is 0 Å². The van der Waals surface area contributed by atoms with Crippen LogP contribution in [0.15, 0.2) is 24.3 Å². The Kier molecular flexibility index (Phi) is 7.07. The van der Waals surface area contributed by atoms with Gasteiger partial charge in [-0.05, 0) is 151 Å². The second-order valence-corrected chi connectivity index (χ2v) is 17.0. The van der Waals surface area contributed by atoms with Crippen molar-refractivity contribution in [2.75, 3.05) is 0 Å². The lowest BCUT2D eigenvalue weighted by Crippen LogP contribution is -2.67. The van der Waals surface area contributed by atoms with Crippen molar-refractivity contribution in [3.63, 3.8) is 0 Å². The SMILES string of the molecule is CCC12CCC3C(C)(C)C(c4cccc(C(=O)O)c4)CCC3(C)C1CCC1C3C(C(C)C)CCC3(C(=O)O)CCC12C. The molecule has 5 saturated carbocycles. The molecule has 4 heteroatoms. The molecule has 4 nitrogen and oxygen atoms in total. The lowest BCUT2D eigenvalue weighted by Gasteiger charge is -2.73.